The van der Waals surface area contributed by atoms with Gasteiger partial charge in [0, 0.05) is 6.04 Å². The summed E-state index contributed by atoms with van der Waals surface area (Å²) < 4.78 is 5.50. The summed E-state index contributed by atoms with van der Waals surface area (Å²) in [4.78, 5) is 42.6. The second kappa shape index (κ2) is 8.43. The number of imide groups is 1. The normalized spacial score (nSPS) is 25.9. The topological polar surface area (TPSA) is 95.9 Å². The summed E-state index contributed by atoms with van der Waals surface area (Å²) in [6, 6.07) is 23.4. The molecule has 5 rings (SSSR count). The van der Waals surface area contributed by atoms with Gasteiger partial charge in [0.1, 0.15) is 5.75 Å². The van der Waals surface area contributed by atoms with E-state index in [0.717, 1.165) is 0 Å². The Labute approximate surface area is 197 Å². The van der Waals surface area contributed by atoms with Crippen LogP contribution < -0.4 is 10.2 Å². The average Bonchev–Trinajstić information content (AvgIpc) is 3.35. The quantitative estimate of drug-likeness (QED) is 0.452. The molecule has 4 atom stereocenters. The van der Waals surface area contributed by atoms with Crippen LogP contribution in [0.15, 0.2) is 84.9 Å². The Morgan fingerprint density at radius 1 is 0.941 bits per heavy atom. The lowest BCUT2D eigenvalue weighted by atomic mass is 9.75. The molecule has 0 spiro atoms. The third-order valence-electron chi connectivity index (χ3n) is 6.65. The highest BCUT2D eigenvalue weighted by Gasteiger charge is 2.69. The van der Waals surface area contributed by atoms with Crippen LogP contribution in [0.4, 0.5) is 5.69 Å². The number of para-hydroxylation sites is 1. The van der Waals surface area contributed by atoms with Gasteiger partial charge in [-0.2, -0.15) is 0 Å². The zero-order valence-electron chi connectivity index (χ0n) is 18.5. The lowest BCUT2D eigenvalue weighted by Gasteiger charge is -2.33. The Bertz CT molecular complexity index is 1230. The predicted molar refractivity (Wildman–Crippen MR) is 125 cm³/mol. The molecule has 2 N–H and O–H groups in total. The van der Waals surface area contributed by atoms with E-state index in [1.807, 2.05) is 12.1 Å². The van der Waals surface area contributed by atoms with Crippen LogP contribution in [-0.4, -0.2) is 29.5 Å². The number of hydrogen-bond acceptors (Lipinski definition) is 6. The molecular weight excluding hydrogens is 432 g/mol. The molecule has 172 valence electrons. The van der Waals surface area contributed by atoms with E-state index in [2.05, 4.69) is 5.32 Å². The highest BCUT2D eigenvalue weighted by Crippen LogP contribution is 2.54. The third kappa shape index (κ3) is 3.20. The van der Waals surface area contributed by atoms with Gasteiger partial charge < -0.3 is 9.84 Å². The van der Waals surface area contributed by atoms with Crippen molar-refractivity contribution in [3.63, 3.8) is 0 Å². The van der Waals surface area contributed by atoms with Crippen molar-refractivity contribution in [2.75, 3.05) is 11.5 Å². The molecule has 3 aromatic rings. The van der Waals surface area contributed by atoms with E-state index in [1.165, 1.54) is 17.0 Å². The first-order valence-corrected chi connectivity index (χ1v) is 11.2. The molecule has 7 heteroatoms. The molecule has 0 radical (unpaired) electrons. The minimum absolute atomic E-state index is 0.0812. The van der Waals surface area contributed by atoms with E-state index < -0.39 is 35.3 Å². The van der Waals surface area contributed by atoms with Crippen molar-refractivity contribution in [1.29, 1.82) is 0 Å². The number of amides is 2. The molecule has 2 saturated heterocycles. The number of esters is 1. The Balaban J connectivity index is 1.72. The molecule has 7 nitrogen and oxygen atoms in total. The van der Waals surface area contributed by atoms with E-state index in [9.17, 15) is 19.5 Å². The van der Waals surface area contributed by atoms with Crippen LogP contribution in [0.3, 0.4) is 0 Å². The molecule has 3 aromatic carbocycles. The minimum Gasteiger partial charge on any atom is -0.508 e. The number of phenolic OH excluding ortho intramolecular Hbond substituents is 1. The lowest BCUT2D eigenvalue weighted by Crippen LogP contribution is -2.54. The number of nitrogens with zero attached hydrogens (tertiary/aromatic N) is 1. The molecular formula is C27H24N2O5. The number of ether oxygens (including phenoxy) is 1. The van der Waals surface area contributed by atoms with Crippen LogP contribution >= 0.6 is 0 Å². The van der Waals surface area contributed by atoms with Crippen LogP contribution in [0.5, 0.6) is 5.75 Å². The second-order valence-corrected chi connectivity index (χ2v) is 8.46. The molecule has 0 unspecified atom stereocenters. The molecule has 2 heterocycles. The van der Waals surface area contributed by atoms with Gasteiger partial charge in [-0.3, -0.25) is 14.9 Å². The summed E-state index contributed by atoms with van der Waals surface area (Å²) in [6.07, 6.45) is 0. The van der Waals surface area contributed by atoms with Crippen molar-refractivity contribution < 1.29 is 24.2 Å². The molecule has 2 aliphatic heterocycles. The fourth-order valence-electron chi connectivity index (χ4n) is 5.22. The zero-order valence-corrected chi connectivity index (χ0v) is 18.5. The third-order valence-corrected chi connectivity index (χ3v) is 6.65. The molecule has 0 aliphatic carbocycles. The molecule has 0 bridgehead atoms. The maximum Gasteiger partial charge on any atom is 0.331 e. The van der Waals surface area contributed by atoms with Crippen LogP contribution in [0.2, 0.25) is 0 Å². The second-order valence-electron chi connectivity index (χ2n) is 8.46. The highest BCUT2D eigenvalue weighted by molar-refractivity contribution is 6.24. The van der Waals surface area contributed by atoms with Gasteiger partial charge in [-0.05, 0) is 42.3 Å². The lowest BCUT2D eigenvalue weighted by molar-refractivity contribution is -0.155. The first-order valence-electron chi connectivity index (χ1n) is 11.2. The summed E-state index contributed by atoms with van der Waals surface area (Å²) >= 11 is 0. The number of aromatic hydroxyl groups is 1. The van der Waals surface area contributed by atoms with E-state index >= 15 is 0 Å². The standard InChI is InChI=1S/C27H24N2O5/c1-2-34-26(33)27(18-9-5-3-6-10-18)22-21(23(28-27)17-13-15-20(30)16-14-17)24(31)29(25(22)32)19-11-7-4-8-12-19/h3-16,21-23,28,30H,2H2,1H3/t21-,22-,23-,27-/m1/s1. The van der Waals surface area contributed by atoms with Crippen molar-refractivity contribution in [3.8, 4) is 5.75 Å². The van der Waals surface area contributed by atoms with Crippen molar-refractivity contribution >= 4 is 23.5 Å². The SMILES string of the molecule is CCOC(=O)[C@]1(c2ccccc2)N[C@H](c2ccc(O)cc2)[C@@H]2C(=O)N(c3ccccc3)C(=O)[C@@H]21. The fraction of sp³-hybridized carbons (Fsp3) is 0.222. The van der Waals surface area contributed by atoms with Crippen LogP contribution in [0, 0.1) is 11.8 Å². The summed E-state index contributed by atoms with van der Waals surface area (Å²) in [5.74, 6) is -3.21. The summed E-state index contributed by atoms with van der Waals surface area (Å²) in [5.41, 5.74) is 0.148. The molecule has 0 saturated carbocycles. The summed E-state index contributed by atoms with van der Waals surface area (Å²) in [6.45, 7) is 1.83. The average molecular weight is 456 g/mol. The number of phenols is 1. The Morgan fingerprint density at radius 2 is 1.56 bits per heavy atom. The largest absolute Gasteiger partial charge is 0.508 e. The van der Waals surface area contributed by atoms with E-state index in [-0.39, 0.29) is 18.3 Å². The van der Waals surface area contributed by atoms with Gasteiger partial charge in [0.25, 0.3) is 0 Å². The van der Waals surface area contributed by atoms with Crippen LogP contribution in [-0.2, 0) is 24.7 Å². The van der Waals surface area contributed by atoms with E-state index in [1.54, 1.807) is 67.6 Å². The first kappa shape index (κ1) is 21.9. The monoisotopic (exact) mass is 456 g/mol. The minimum atomic E-state index is -1.55. The smallest absolute Gasteiger partial charge is 0.331 e. The number of hydrogen-bond donors (Lipinski definition) is 2. The number of carbonyl (C=O) groups is 3. The summed E-state index contributed by atoms with van der Waals surface area (Å²) in [7, 11) is 0. The van der Waals surface area contributed by atoms with E-state index in [4.69, 9.17) is 4.74 Å². The number of carbonyl (C=O) groups excluding carboxylic acids is 3. The fourth-order valence-corrected chi connectivity index (χ4v) is 5.22. The Morgan fingerprint density at radius 3 is 2.18 bits per heavy atom. The van der Waals surface area contributed by atoms with Gasteiger partial charge in [-0.1, -0.05) is 60.7 Å². The molecule has 2 fully saturated rings. The summed E-state index contributed by atoms with van der Waals surface area (Å²) in [5, 5.41) is 13.1. The van der Waals surface area contributed by atoms with Gasteiger partial charge >= 0.3 is 5.97 Å². The number of benzene rings is 3. The Kier molecular flexibility index (Phi) is 5.42. The van der Waals surface area contributed by atoms with Crippen molar-refractivity contribution in [2.24, 2.45) is 11.8 Å². The first-order chi connectivity index (χ1) is 16.5. The number of nitrogens with one attached hydrogen (secondary N) is 1. The maximum atomic E-state index is 13.9. The van der Waals surface area contributed by atoms with Crippen LogP contribution in [0.1, 0.15) is 24.1 Å². The van der Waals surface area contributed by atoms with Gasteiger partial charge in [0.05, 0.1) is 24.1 Å². The van der Waals surface area contributed by atoms with Crippen molar-refractivity contribution in [3.05, 3.63) is 96.1 Å². The highest BCUT2D eigenvalue weighted by atomic mass is 16.5. The Hall–Kier alpha value is -3.97. The van der Waals surface area contributed by atoms with Crippen LogP contribution in [0.25, 0.3) is 0 Å². The van der Waals surface area contributed by atoms with Crippen molar-refractivity contribution in [1.82, 2.24) is 5.32 Å². The van der Waals surface area contributed by atoms with Gasteiger partial charge in [-0.25, -0.2) is 9.69 Å². The van der Waals surface area contributed by atoms with Crippen molar-refractivity contribution in [2.45, 2.75) is 18.5 Å². The number of fused-ring (bicyclic) bond motifs is 1. The predicted octanol–water partition coefficient (Wildman–Crippen LogP) is 3.30. The zero-order chi connectivity index (χ0) is 23.9. The van der Waals surface area contributed by atoms with Gasteiger partial charge in [0.2, 0.25) is 11.8 Å². The number of rotatable bonds is 5. The van der Waals surface area contributed by atoms with Gasteiger partial charge in [-0.15, -0.1) is 0 Å². The molecule has 34 heavy (non-hydrogen) atoms. The van der Waals surface area contributed by atoms with E-state index in [0.29, 0.717) is 16.8 Å². The molecule has 2 amide bonds. The molecule has 2 aliphatic rings. The molecule has 0 aromatic heterocycles. The number of anilines is 1. The maximum absolute atomic E-state index is 13.9. The van der Waals surface area contributed by atoms with Gasteiger partial charge in [0.15, 0.2) is 5.54 Å².